The van der Waals surface area contributed by atoms with Gasteiger partial charge in [0, 0.05) is 19.2 Å². The molecule has 0 atom stereocenters. The Hall–Kier alpha value is -2.80. The number of benzene rings is 2. The first kappa shape index (κ1) is 19.0. The Labute approximate surface area is 161 Å². The fraction of sp³-hybridized carbons (Fsp3) is 0.200. The van der Waals surface area contributed by atoms with E-state index >= 15 is 0 Å². The molecular formula is C20H20FN3O2S. The van der Waals surface area contributed by atoms with Gasteiger partial charge >= 0.3 is 0 Å². The molecule has 5 nitrogen and oxygen atoms in total. The molecule has 27 heavy (non-hydrogen) atoms. The van der Waals surface area contributed by atoms with Gasteiger partial charge in [0.1, 0.15) is 11.6 Å². The fourth-order valence-corrected chi connectivity index (χ4v) is 3.32. The standard InChI is InChI=1S/C20H20FN3O2S/c1-24-18(15-5-9-17(26-2)10-6-15)12-23-20(24)27-13-19(25)22-11-14-3-7-16(21)8-4-14/h3-10,12H,11,13H2,1-2H3,(H,22,25). The van der Waals surface area contributed by atoms with Crippen LogP contribution in [0.15, 0.2) is 59.9 Å². The minimum atomic E-state index is -0.289. The molecule has 0 aliphatic rings. The average molecular weight is 385 g/mol. The van der Waals surface area contributed by atoms with Crippen molar-refractivity contribution in [1.82, 2.24) is 14.9 Å². The molecule has 1 heterocycles. The Kier molecular flexibility index (Phi) is 6.13. The molecule has 0 aliphatic carbocycles. The highest BCUT2D eigenvalue weighted by Gasteiger charge is 2.11. The van der Waals surface area contributed by atoms with Gasteiger partial charge in [0.2, 0.25) is 5.91 Å². The lowest BCUT2D eigenvalue weighted by molar-refractivity contribution is -0.118. The molecule has 0 fully saturated rings. The molecule has 3 rings (SSSR count). The van der Waals surface area contributed by atoms with E-state index in [1.807, 2.05) is 35.9 Å². The number of nitrogens with zero attached hydrogens (tertiary/aromatic N) is 2. The van der Waals surface area contributed by atoms with Crippen LogP contribution in [-0.4, -0.2) is 28.3 Å². The van der Waals surface area contributed by atoms with Gasteiger partial charge in [-0.2, -0.15) is 0 Å². The van der Waals surface area contributed by atoms with E-state index in [1.54, 1.807) is 25.4 Å². The zero-order valence-corrected chi connectivity index (χ0v) is 15.9. The number of halogens is 1. The number of ether oxygens (including phenoxy) is 1. The SMILES string of the molecule is COc1ccc(-c2cnc(SCC(=O)NCc3ccc(F)cc3)n2C)cc1. The molecule has 0 radical (unpaired) electrons. The number of rotatable bonds is 7. The number of nitrogens with one attached hydrogen (secondary N) is 1. The molecule has 0 spiro atoms. The Morgan fingerprint density at radius 1 is 1.19 bits per heavy atom. The molecule has 1 aromatic heterocycles. The Bertz CT molecular complexity index is 908. The predicted octanol–water partition coefficient (Wildman–Crippen LogP) is 3.64. The van der Waals surface area contributed by atoms with E-state index in [4.69, 9.17) is 4.74 Å². The van der Waals surface area contributed by atoms with Crippen LogP contribution in [0, 0.1) is 5.82 Å². The van der Waals surface area contributed by atoms with Crippen LogP contribution in [0.5, 0.6) is 5.75 Å². The maximum Gasteiger partial charge on any atom is 0.230 e. The molecule has 0 unspecified atom stereocenters. The lowest BCUT2D eigenvalue weighted by Gasteiger charge is -2.07. The van der Waals surface area contributed by atoms with E-state index in [0.717, 1.165) is 27.7 Å². The van der Waals surface area contributed by atoms with Crippen molar-refractivity contribution in [2.24, 2.45) is 7.05 Å². The monoisotopic (exact) mass is 385 g/mol. The maximum atomic E-state index is 12.9. The summed E-state index contributed by atoms with van der Waals surface area (Å²) >= 11 is 1.37. The second-order valence-electron chi connectivity index (χ2n) is 5.91. The zero-order valence-electron chi connectivity index (χ0n) is 15.1. The molecule has 0 aliphatic heterocycles. The summed E-state index contributed by atoms with van der Waals surface area (Å²) in [6, 6.07) is 13.8. The van der Waals surface area contributed by atoms with Crippen LogP contribution in [0.3, 0.4) is 0 Å². The normalized spacial score (nSPS) is 10.6. The molecule has 3 aromatic rings. The van der Waals surface area contributed by atoms with Crippen LogP contribution in [0.1, 0.15) is 5.56 Å². The highest BCUT2D eigenvalue weighted by atomic mass is 32.2. The summed E-state index contributed by atoms with van der Waals surface area (Å²) in [6.45, 7) is 0.372. The quantitative estimate of drug-likeness (QED) is 0.631. The fourth-order valence-electron chi connectivity index (χ4n) is 2.54. The van der Waals surface area contributed by atoms with Crippen molar-refractivity contribution >= 4 is 17.7 Å². The van der Waals surface area contributed by atoms with Gasteiger partial charge < -0.3 is 14.6 Å². The van der Waals surface area contributed by atoms with Crippen LogP contribution in [-0.2, 0) is 18.4 Å². The number of aromatic nitrogens is 2. The molecule has 1 N–H and O–H groups in total. The van der Waals surface area contributed by atoms with Crippen molar-refractivity contribution in [3.05, 3.63) is 66.1 Å². The van der Waals surface area contributed by atoms with Gasteiger partial charge in [-0.05, 0) is 42.0 Å². The highest BCUT2D eigenvalue weighted by Crippen LogP contribution is 2.26. The first-order valence-corrected chi connectivity index (χ1v) is 9.35. The van der Waals surface area contributed by atoms with E-state index in [0.29, 0.717) is 6.54 Å². The summed E-state index contributed by atoms with van der Waals surface area (Å²) in [5, 5.41) is 3.59. The summed E-state index contributed by atoms with van der Waals surface area (Å²) in [4.78, 5) is 16.5. The number of carbonyl (C=O) groups is 1. The van der Waals surface area contributed by atoms with Crippen molar-refractivity contribution in [2.75, 3.05) is 12.9 Å². The third-order valence-electron chi connectivity index (χ3n) is 4.07. The van der Waals surface area contributed by atoms with Crippen LogP contribution in [0.25, 0.3) is 11.3 Å². The Balaban J connectivity index is 1.55. The average Bonchev–Trinajstić information content (AvgIpc) is 3.06. The lowest BCUT2D eigenvalue weighted by Crippen LogP contribution is -2.24. The molecule has 2 aromatic carbocycles. The molecule has 0 saturated heterocycles. The van der Waals surface area contributed by atoms with Gasteiger partial charge in [-0.25, -0.2) is 9.37 Å². The van der Waals surface area contributed by atoms with Gasteiger partial charge in [-0.3, -0.25) is 4.79 Å². The van der Waals surface area contributed by atoms with E-state index in [-0.39, 0.29) is 17.5 Å². The summed E-state index contributed by atoms with van der Waals surface area (Å²) in [6.07, 6.45) is 1.79. The molecule has 7 heteroatoms. The smallest absolute Gasteiger partial charge is 0.230 e. The first-order chi connectivity index (χ1) is 13.1. The molecule has 0 saturated carbocycles. The maximum absolute atomic E-state index is 12.9. The molecular weight excluding hydrogens is 365 g/mol. The van der Waals surface area contributed by atoms with Crippen molar-refractivity contribution in [1.29, 1.82) is 0 Å². The zero-order chi connectivity index (χ0) is 19.2. The van der Waals surface area contributed by atoms with Gasteiger partial charge in [0.05, 0.1) is 24.8 Å². The van der Waals surface area contributed by atoms with E-state index in [1.165, 1.54) is 23.9 Å². The third-order valence-corrected chi connectivity index (χ3v) is 5.11. The first-order valence-electron chi connectivity index (χ1n) is 8.37. The number of methoxy groups -OCH3 is 1. The topological polar surface area (TPSA) is 56.1 Å². The summed E-state index contributed by atoms with van der Waals surface area (Å²) < 4.78 is 20.0. The third kappa shape index (κ3) is 4.89. The van der Waals surface area contributed by atoms with Crippen LogP contribution < -0.4 is 10.1 Å². The van der Waals surface area contributed by atoms with Crippen molar-refractivity contribution in [3.63, 3.8) is 0 Å². The minimum absolute atomic E-state index is 0.0988. The number of hydrogen-bond acceptors (Lipinski definition) is 4. The van der Waals surface area contributed by atoms with Gasteiger partial charge in [-0.15, -0.1) is 0 Å². The van der Waals surface area contributed by atoms with E-state index < -0.39 is 0 Å². The largest absolute Gasteiger partial charge is 0.497 e. The molecule has 1 amide bonds. The molecule has 140 valence electrons. The van der Waals surface area contributed by atoms with E-state index in [9.17, 15) is 9.18 Å². The Morgan fingerprint density at radius 3 is 2.56 bits per heavy atom. The molecule has 0 bridgehead atoms. The number of carbonyl (C=O) groups excluding carboxylic acids is 1. The Morgan fingerprint density at radius 2 is 1.89 bits per heavy atom. The number of imidazole rings is 1. The van der Waals surface area contributed by atoms with Gasteiger partial charge in [-0.1, -0.05) is 23.9 Å². The van der Waals surface area contributed by atoms with Gasteiger partial charge in [0.15, 0.2) is 5.16 Å². The van der Waals surface area contributed by atoms with Crippen molar-refractivity contribution in [3.8, 4) is 17.0 Å². The van der Waals surface area contributed by atoms with Crippen LogP contribution >= 0.6 is 11.8 Å². The van der Waals surface area contributed by atoms with Crippen LogP contribution in [0.4, 0.5) is 4.39 Å². The predicted molar refractivity (Wildman–Crippen MR) is 104 cm³/mol. The van der Waals surface area contributed by atoms with Crippen molar-refractivity contribution < 1.29 is 13.9 Å². The second kappa shape index (κ2) is 8.73. The number of hydrogen-bond donors (Lipinski definition) is 1. The van der Waals surface area contributed by atoms with E-state index in [2.05, 4.69) is 10.3 Å². The highest BCUT2D eigenvalue weighted by molar-refractivity contribution is 7.99. The number of thioether (sulfide) groups is 1. The van der Waals surface area contributed by atoms with Crippen LogP contribution in [0.2, 0.25) is 0 Å². The second-order valence-corrected chi connectivity index (χ2v) is 6.85. The lowest BCUT2D eigenvalue weighted by atomic mass is 10.1. The number of amides is 1. The van der Waals surface area contributed by atoms with Gasteiger partial charge in [0.25, 0.3) is 0 Å². The summed E-state index contributed by atoms with van der Waals surface area (Å²) in [5.41, 5.74) is 2.85. The summed E-state index contributed by atoms with van der Waals surface area (Å²) in [5.74, 6) is 0.670. The van der Waals surface area contributed by atoms with Crippen molar-refractivity contribution in [2.45, 2.75) is 11.7 Å². The summed E-state index contributed by atoms with van der Waals surface area (Å²) in [7, 11) is 3.56. The minimum Gasteiger partial charge on any atom is -0.497 e.